The number of nitrogens with zero attached hydrogens (tertiary/aromatic N) is 1. The first kappa shape index (κ1) is 9.00. The van der Waals surface area contributed by atoms with Crippen LogP contribution in [0.5, 0.6) is 0 Å². The number of hydrogen-bond acceptors (Lipinski definition) is 2. The van der Waals surface area contributed by atoms with Gasteiger partial charge in [-0.25, -0.2) is 0 Å². The molecular formula is C10H17NO2. The summed E-state index contributed by atoms with van der Waals surface area (Å²) in [7, 11) is 0. The van der Waals surface area contributed by atoms with Gasteiger partial charge in [0.2, 0.25) is 5.91 Å². The Hall–Kier alpha value is -0.570. The third-order valence-electron chi connectivity index (χ3n) is 3.34. The Morgan fingerprint density at radius 1 is 1.31 bits per heavy atom. The van der Waals surface area contributed by atoms with Crippen molar-refractivity contribution in [2.45, 2.75) is 38.1 Å². The second-order valence-electron chi connectivity index (χ2n) is 4.14. The Kier molecular flexibility index (Phi) is 2.54. The van der Waals surface area contributed by atoms with E-state index in [-0.39, 0.29) is 18.6 Å². The summed E-state index contributed by atoms with van der Waals surface area (Å²) in [6.07, 6.45) is 5.51. The topological polar surface area (TPSA) is 40.5 Å². The number of carbonyl (C=O) groups excluding carboxylic acids is 1. The van der Waals surface area contributed by atoms with E-state index in [4.69, 9.17) is 5.11 Å². The average molecular weight is 183 g/mol. The van der Waals surface area contributed by atoms with Gasteiger partial charge < -0.3 is 10.0 Å². The number of aliphatic hydroxyl groups excluding tert-OH is 1. The zero-order valence-corrected chi connectivity index (χ0v) is 7.91. The van der Waals surface area contributed by atoms with Crippen LogP contribution in [0.15, 0.2) is 0 Å². The van der Waals surface area contributed by atoms with Gasteiger partial charge in [0.05, 0.1) is 12.6 Å². The van der Waals surface area contributed by atoms with Crippen LogP contribution in [0.3, 0.4) is 0 Å². The van der Waals surface area contributed by atoms with E-state index in [0.29, 0.717) is 5.91 Å². The molecule has 2 fully saturated rings. The quantitative estimate of drug-likeness (QED) is 0.687. The van der Waals surface area contributed by atoms with Crippen LogP contribution in [0, 0.1) is 5.92 Å². The molecule has 2 aliphatic rings. The number of carbonyl (C=O) groups is 1. The molecule has 0 radical (unpaired) electrons. The van der Waals surface area contributed by atoms with Gasteiger partial charge >= 0.3 is 0 Å². The highest BCUT2D eigenvalue weighted by Gasteiger charge is 2.36. The van der Waals surface area contributed by atoms with E-state index < -0.39 is 0 Å². The normalized spacial score (nSPS) is 29.0. The molecule has 0 aromatic carbocycles. The van der Waals surface area contributed by atoms with Gasteiger partial charge in [0.1, 0.15) is 0 Å². The van der Waals surface area contributed by atoms with Gasteiger partial charge in [-0.2, -0.15) is 0 Å². The third-order valence-corrected chi connectivity index (χ3v) is 3.34. The minimum Gasteiger partial charge on any atom is -0.394 e. The summed E-state index contributed by atoms with van der Waals surface area (Å²) < 4.78 is 0. The van der Waals surface area contributed by atoms with Crippen LogP contribution >= 0.6 is 0 Å². The molecule has 0 bridgehead atoms. The number of likely N-dealkylation sites (tertiary alicyclic amines) is 1. The maximum absolute atomic E-state index is 11.8. The number of amides is 1. The van der Waals surface area contributed by atoms with Crippen molar-refractivity contribution in [3.05, 3.63) is 0 Å². The van der Waals surface area contributed by atoms with Crippen LogP contribution in [0.2, 0.25) is 0 Å². The molecule has 0 aromatic rings. The van der Waals surface area contributed by atoms with E-state index in [1.54, 1.807) is 0 Å². The summed E-state index contributed by atoms with van der Waals surface area (Å²) in [4.78, 5) is 13.7. The lowest BCUT2D eigenvalue weighted by atomic mass is 9.98. The molecule has 1 aliphatic heterocycles. The lowest BCUT2D eigenvalue weighted by Crippen LogP contribution is -2.54. The number of hydrogen-bond donors (Lipinski definition) is 1. The molecule has 1 saturated heterocycles. The average Bonchev–Trinajstić information content (AvgIpc) is 2.54. The van der Waals surface area contributed by atoms with Crippen molar-refractivity contribution in [3.63, 3.8) is 0 Å². The Balaban J connectivity index is 1.89. The lowest BCUT2D eigenvalue weighted by Gasteiger charge is -2.41. The zero-order valence-electron chi connectivity index (χ0n) is 7.91. The third kappa shape index (κ3) is 1.57. The van der Waals surface area contributed by atoms with Crippen LogP contribution in [-0.2, 0) is 4.79 Å². The van der Waals surface area contributed by atoms with Gasteiger partial charge in [-0.05, 0) is 19.3 Å². The van der Waals surface area contributed by atoms with Gasteiger partial charge in [-0.1, -0.05) is 12.8 Å². The molecule has 3 heteroatoms. The Morgan fingerprint density at radius 2 is 2.00 bits per heavy atom. The number of aliphatic hydroxyl groups is 1. The molecule has 1 aliphatic carbocycles. The summed E-state index contributed by atoms with van der Waals surface area (Å²) in [6, 6.07) is 0.132. The van der Waals surface area contributed by atoms with Crippen LogP contribution in [0.4, 0.5) is 0 Å². The molecule has 1 amide bonds. The molecule has 1 N–H and O–H groups in total. The van der Waals surface area contributed by atoms with Crippen molar-refractivity contribution >= 4 is 5.91 Å². The van der Waals surface area contributed by atoms with Crippen molar-refractivity contribution in [2.75, 3.05) is 13.2 Å². The SMILES string of the molecule is O=C(C1CCCC1)N1CCC1CO. The van der Waals surface area contributed by atoms with E-state index in [1.807, 2.05) is 4.90 Å². The summed E-state index contributed by atoms with van der Waals surface area (Å²) in [5, 5.41) is 8.95. The van der Waals surface area contributed by atoms with Crippen molar-refractivity contribution in [2.24, 2.45) is 5.92 Å². The van der Waals surface area contributed by atoms with Crippen molar-refractivity contribution < 1.29 is 9.90 Å². The smallest absolute Gasteiger partial charge is 0.226 e. The first-order valence-corrected chi connectivity index (χ1v) is 5.24. The van der Waals surface area contributed by atoms with Crippen LogP contribution in [-0.4, -0.2) is 35.1 Å². The summed E-state index contributed by atoms with van der Waals surface area (Å²) >= 11 is 0. The fourth-order valence-electron chi connectivity index (χ4n) is 2.33. The van der Waals surface area contributed by atoms with Crippen LogP contribution in [0.1, 0.15) is 32.1 Å². The molecule has 3 nitrogen and oxygen atoms in total. The second-order valence-corrected chi connectivity index (χ2v) is 4.14. The largest absolute Gasteiger partial charge is 0.394 e. The monoisotopic (exact) mass is 183 g/mol. The molecule has 2 rings (SSSR count). The van der Waals surface area contributed by atoms with Gasteiger partial charge in [0.15, 0.2) is 0 Å². The Labute approximate surface area is 78.7 Å². The van der Waals surface area contributed by atoms with Gasteiger partial charge in [0, 0.05) is 12.5 Å². The molecule has 1 saturated carbocycles. The van der Waals surface area contributed by atoms with Crippen LogP contribution in [0.25, 0.3) is 0 Å². The van der Waals surface area contributed by atoms with Crippen LogP contribution < -0.4 is 0 Å². The molecule has 0 spiro atoms. The first-order chi connectivity index (χ1) is 6.33. The van der Waals surface area contributed by atoms with Gasteiger partial charge in [-0.15, -0.1) is 0 Å². The molecule has 1 atom stereocenters. The standard InChI is InChI=1S/C10H17NO2/c12-7-9-5-6-11(9)10(13)8-3-1-2-4-8/h8-9,12H,1-7H2. The second kappa shape index (κ2) is 3.66. The molecule has 1 unspecified atom stereocenters. The van der Waals surface area contributed by atoms with Gasteiger partial charge in [0.25, 0.3) is 0 Å². The Bertz CT molecular complexity index is 197. The maximum Gasteiger partial charge on any atom is 0.226 e. The first-order valence-electron chi connectivity index (χ1n) is 5.24. The maximum atomic E-state index is 11.8. The molecular weight excluding hydrogens is 166 g/mol. The van der Waals surface area contributed by atoms with E-state index in [9.17, 15) is 4.79 Å². The van der Waals surface area contributed by atoms with Crippen molar-refractivity contribution in [1.29, 1.82) is 0 Å². The number of rotatable bonds is 2. The predicted molar refractivity (Wildman–Crippen MR) is 49.2 cm³/mol. The summed E-state index contributed by atoms with van der Waals surface area (Å²) in [5.41, 5.74) is 0. The molecule has 74 valence electrons. The fraction of sp³-hybridized carbons (Fsp3) is 0.900. The highest BCUT2D eigenvalue weighted by atomic mass is 16.3. The van der Waals surface area contributed by atoms with Gasteiger partial charge in [-0.3, -0.25) is 4.79 Å². The van der Waals surface area contributed by atoms with E-state index in [0.717, 1.165) is 25.8 Å². The minimum atomic E-state index is 0.132. The summed E-state index contributed by atoms with van der Waals surface area (Å²) in [5.74, 6) is 0.567. The predicted octanol–water partition coefficient (Wildman–Crippen LogP) is 0.770. The summed E-state index contributed by atoms with van der Waals surface area (Å²) in [6.45, 7) is 0.999. The lowest BCUT2D eigenvalue weighted by molar-refractivity contribution is -0.144. The molecule has 13 heavy (non-hydrogen) atoms. The fourth-order valence-corrected chi connectivity index (χ4v) is 2.33. The molecule has 1 heterocycles. The molecule has 0 aromatic heterocycles. The van der Waals surface area contributed by atoms with E-state index in [1.165, 1.54) is 12.8 Å². The highest BCUT2D eigenvalue weighted by molar-refractivity contribution is 5.80. The minimum absolute atomic E-state index is 0.132. The van der Waals surface area contributed by atoms with Crippen molar-refractivity contribution in [3.8, 4) is 0 Å². The van der Waals surface area contributed by atoms with E-state index >= 15 is 0 Å². The van der Waals surface area contributed by atoms with Crippen molar-refractivity contribution in [1.82, 2.24) is 4.90 Å². The zero-order chi connectivity index (χ0) is 9.26. The highest BCUT2D eigenvalue weighted by Crippen LogP contribution is 2.29. The Morgan fingerprint density at radius 3 is 2.46 bits per heavy atom. The van der Waals surface area contributed by atoms with E-state index in [2.05, 4.69) is 0 Å².